The van der Waals surface area contributed by atoms with Crippen molar-refractivity contribution in [2.24, 2.45) is 0 Å². The van der Waals surface area contributed by atoms with Crippen molar-refractivity contribution in [3.05, 3.63) is 15.8 Å². The minimum atomic E-state index is -0.509. The second kappa shape index (κ2) is 5.97. The predicted octanol–water partition coefficient (Wildman–Crippen LogP) is 0.0179. The van der Waals surface area contributed by atoms with E-state index in [0.717, 1.165) is 13.1 Å². The molecule has 1 aliphatic heterocycles. The number of nitro groups is 1. The van der Waals surface area contributed by atoms with Crippen LogP contribution in [0.15, 0.2) is 0 Å². The van der Waals surface area contributed by atoms with Crippen LogP contribution in [0.2, 0.25) is 0 Å². The van der Waals surface area contributed by atoms with Crippen molar-refractivity contribution in [2.75, 3.05) is 44.3 Å². The number of nitrogens with one attached hydrogen (secondary N) is 1. The quantitative estimate of drug-likeness (QED) is 0.585. The van der Waals surface area contributed by atoms with E-state index in [9.17, 15) is 10.1 Å². The van der Waals surface area contributed by atoms with Gasteiger partial charge in [-0.2, -0.15) is 4.98 Å². The largest absolute Gasteiger partial charge is 0.374 e. The van der Waals surface area contributed by atoms with Gasteiger partial charge in [0.05, 0.1) is 17.6 Å². The Hall–Kier alpha value is -2.00. The summed E-state index contributed by atoms with van der Waals surface area (Å²) >= 11 is 0. The third kappa shape index (κ3) is 3.31. The van der Waals surface area contributed by atoms with Gasteiger partial charge in [-0.25, -0.2) is 4.98 Å². The highest BCUT2D eigenvalue weighted by atomic mass is 16.6. The topological polar surface area (TPSA) is 119 Å². The summed E-state index contributed by atoms with van der Waals surface area (Å²) in [5.41, 5.74) is 5.63. The second-order valence-electron chi connectivity index (χ2n) is 4.76. The molecule has 1 aromatic heterocycles. The molecule has 1 aliphatic rings. The molecule has 0 amide bonds. The third-order valence-electron chi connectivity index (χ3n) is 3.10. The Kier molecular flexibility index (Phi) is 4.30. The zero-order valence-electron chi connectivity index (χ0n) is 11.5. The summed E-state index contributed by atoms with van der Waals surface area (Å²) in [6.45, 7) is 4.26. The molecule has 0 aliphatic carbocycles. The Balaban J connectivity index is 2.10. The Morgan fingerprint density at radius 1 is 1.60 bits per heavy atom. The number of likely N-dealkylation sites (N-methyl/N-ethyl adjacent to an activating group) is 1. The molecule has 1 atom stereocenters. The summed E-state index contributed by atoms with van der Waals surface area (Å²) in [6.07, 6.45) is -0.0372. The monoisotopic (exact) mass is 282 g/mol. The van der Waals surface area contributed by atoms with Crippen molar-refractivity contribution in [3.63, 3.8) is 0 Å². The van der Waals surface area contributed by atoms with Crippen molar-refractivity contribution in [1.82, 2.24) is 14.9 Å². The summed E-state index contributed by atoms with van der Waals surface area (Å²) in [4.78, 5) is 20.4. The van der Waals surface area contributed by atoms with Crippen molar-refractivity contribution in [1.29, 1.82) is 0 Å². The second-order valence-corrected chi connectivity index (χ2v) is 4.76. The molecule has 1 aromatic rings. The van der Waals surface area contributed by atoms with E-state index in [-0.39, 0.29) is 29.3 Å². The predicted molar refractivity (Wildman–Crippen MR) is 73.6 cm³/mol. The number of nitrogens with two attached hydrogens (primary N) is 1. The van der Waals surface area contributed by atoms with Gasteiger partial charge in [-0.1, -0.05) is 0 Å². The molecule has 0 bridgehead atoms. The Bertz CT molecular complexity index is 509. The van der Waals surface area contributed by atoms with Gasteiger partial charge in [0.15, 0.2) is 0 Å². The normalized spacial score (nSPS) is 19.8. The summed E-state index contributed by atoms with van der Waals surface area (Å²) in [5, 5.41) is 14.0. The van der Waals surface area contributed by atoms with E-state index in [1.165, 1.54) is 6.92 Å². The Labute approximate surface area is 116 Å². The lowest BCUT2D eigenvalue weighted by Gasteiger charge is -2.30. The van der Waals surface area contributed by atoms with Crippen LogP contribution in [-0.4, -0.2) is 59.2 Å². The smallest absolute Gasteiger partial charge is 0.332 e. The van der Waals surface area contributed by atoms with Gasteiger partial charge in [-0.05, 0) is 14.0 Å². The molecule has 2 rings (SSSR count). The number of aryl methyl sites for hydroxylation is 1. The number of rotatable bonds is 4. The van der Waals surface area contributed by atoms with Crippen LogP contribution in [0, 0.1) is 17.0 Å². The average Bonchev–Trinajstić information content (AvgIpc) is 2.35. The van der Waals surface area contributed by atoms with E-state index in [4.69, 9.17) is 10.5 Å². The summed E-state index contributed by atoms with van der Waals surface area (Å²) in [5.74, 6) is 0.147. The number of nitrogen functional groups attached to an aromatic ring is 1. The fraction of sp³-hybridized carbons (Fsp3) is 0.636. The van der Waals surface area contributed by atoms with Crippen molar-refractivity contribution in [3.8, 4) is 0 Å². The average molecular weight is 282 g/mol. The number of aromatic nitrogens is 2. The highest BCUT2D eigenvalue weighted by Crippen LogP contribution is 2.25. The minimum Gasteiger partial charge on any atom is -0.374 e. The number of morpholine rings is 1. The molecule has 0 saturated carbocycles. The highest BCUT2D eigenvalue weighted by molar-refractivity contribution is 5.60. The van der Waals surface area contributed by atoms with Crippen LogP contribution in [0.4, 0.5) is 17.5 Å². The van der Waals surface area contributed by atoms with Gasteiger partial charge in [0.1, 0.15) is 5.69 Å². The molecule has 0 aromatic carbocycles. The molecule has 1 fully saturated rings. The zero-order valence-corrected chi connectivity index (χ0v) is 11.5. The molecular formula is C11H18N6O3. The molecule has 0 spiro atoms. The van der Waals surface area contributed by atoms with Gasteiger partial charge in [-0.3, -0.25) is 10.1 Å². The molecule has 2 heterocycles. The summed E-state index contributed by atoms with van der Waals surface area (Å²) in [7, 11) is 2.00. The van der Waals surface area contributed by atoms with Crippen molar-refractivity contribution < 1.29 is 9.66 Å². The fourth-order valence-electron chi connectivity index (χ4n) is 2.13. The van der Waals surface area contributed by atoms with E-state index in [1.807, 2.05) is 7.05 Å². The van der Waals surface area contributed by atoms with E-state index in [1.54, 1.807) is 0 Å². The molecule has 0 radical (unpaired) electrons. The van der Waals surface area contributed by atoms with Gasteiger partial charge in [0.25, 0.3) is 0 Å². The van der Waals surface area contributed by atoms with E-state index in [2.05, 4.69) is 20.2 Å². The molecule has 20 heavy (non-hydrogen) atoms. The van der Waals surface area contributed by atoms with E-state index in [0.29, 0.717) is 13.2 Å². The Morgan fingerprint density at radius 2 is 2.35 bits per heavy atom. The summed E-state index contributed by atoms with van der Waals surface area (Å²) < 4.78 is 5.58. The standard InChI is InChI=1S/C11H18N6O3/c1-7-9(17(18)19)10(15-11(12)14-7)13-5-8-6-16(2)3-4-20-8/h8H,3-6H2,1-2H3,(H3,12,13,14,15). The third-order valence-corrected chi connectivity index (χ3v) is 3.10. The van der Waals surface area contributed by atoms with Gasteiger partial charge >= 0.3 is 5.69 Å². The lowest BCUT2D eigenvalue weighted by molar-refractivity contribution is -0.385. The molecule has 3 N–H and O–H groups in total. The first-order valence-corrected chi connectivity index (χ1v) is 6.30. The van der Waals surface area contributed by atoms with Gasteiger partial charge in [0.2, 0.25) is 11.8 Å². The molecule has 1 saturated heterocycles. The van der Waals surface area contributed by atoms with Crippen LogP contribution in [0.3, 0.4) is 0 Å². The number of nitrogens with zero attached hydrogens (tertiary/aromatic N) is 4. The van der Waals surface area contributed by atoms with Crippen LogP contribution in [0.5, 0.6) is 0 Å². The van der Waals surface area contributed by atoms with E-state index < -0.39 is 4.92 Å². The zero-order chi connectivity index (χ0) is 14.7. The van der Waals surface area contributed by atoms with Crippen LogP contribution in [0.1, 0.15) is 5.69 Å². The maximum Gasteiger partial charge on any atom is 0.332 e. The minimum absolute atomic E-state index is 0.0114. The maximum atomic E-state index is 11.1. The summed E-state index contributed by atoms with van der Waals surface area (Å²) in [6, 6.07) is 0. The SMILES string of the molecule is Cc1nc(N)nc(NCC2CN(C)CCO2)c1[N+](=O)[O-]. The first-order valence-electron chi connectivity index (χ1n) is 6.30. The maximum absolute atomic E-state index is 11.1. The molecule has 110 valence electrons. The Morgan fingerprint density at radius 3 is 3.00 bits per heavy atom. The highest BCUT2D eigenvalue weighted by Gasteiger charge is 2.23. The van der Waals surface area contributed by atoms with Crippen molar-refractivity contribution in [2.45, 2.75) is 13.0 Å². The lowest BCUT2D eigenvalue weighted by atomic mass is 10.2. The molecule has 9 heteroatoms. The first kappa shape index (κ1) is 14.4. The van der Waals surface area contributed by atoms with E-state index >= 15 is 0 Å². The molecule has 1 unspecified atom stereocenters. The van der Waals surface area contributed by atoms with Crippen LogP contribution < -0.4 is 11.1 Å². The van der Waals surface area contributed by atoms with Crippen LogP contribution in [0.25, 0.3) is 0 Å². The van der Waals surface area contributed by atoms with Crippen LogP contribution in [-0.2, 0) is 4.74 Å². The van der Waals surface area contributed by atoms with Gasteiger partial charge < -0.3 is 20.7 Å². The molecule has 9 nitrogen and oxygen atoms in total. The first-order chi connectivity index (χ1) is 9.47. The van der Waals surface area contributed by atoms with Crippen LogP contribution >= 0.6 is 0 Å². The number of hydrogen-bond acceptors (Lipinski definition) is 8. The van der Waals surface area contributed by atoms with Gasteiger partial charge in [0, 0.05) is 19.6 Å². The number of anilines is 2. The number of ether oxygens (including phenoxy) is 1. The molecular weight excluding hydrogens is 264 g/mol. The van der Waals surface area contributed by atoms with Gasteiger partial charge in [-0.15, -0.1) is 0 Å². The van der Waals surface area contributed by atoms with Crippen molar-refractivity contribution >= 4 is 17.5 Å². The fourth-order valence-corrected chi connectivity index (χ4v) is 2.13. The number of hydrogen-bond donors (Lipinski definition) is 2. The lowest BCUT2D eigenvalue weighted by Crippen LogP contribution is -2.43.